The first-order valence-corrected chi connectivity index (χ1v) is 9.98. The molecule has 1 atom stereocenters. The van der Waals surface area contributed by atoms with Gasteiger partial charge in [0.2, 0.25) is 11.8 Å². The number of hydrogen-bond donors (Lipinski definition) is 3. The standard InChI is InChI=1S/C18H16N4O3.C7H8/c1-10(20)16-21-22-17(25-16)13-6-12(7-14(8-13)18(23)24)15-5-3-2-4-11(15)9-19;1-7-5-3-2-4-6-7/h2-10,19H,20H2,1H3,(H,23,24);2-6H,1H3. The highest BCUT2D eigenvalue weighted by atomic mass is 16.4. The molecule has 1 unspecified atom stereocenters. The summed E-state index contributed by atoms with van der Waals surface area (Å²) in [5.41, 5.74) is 9.69. The molecule has 4 rings (SSSR count). The van der Waals surface area contributed by atoms with Crippen LogP contribution in [0.1, 0.15) is 40.3 Å². The van der Waals surface area contributed by atoms with Crippen molar-refractivity contribution in [1.29, 1.82) is 5.41 Å². The van der Waals surface area contributed by atoms with Crippen molar-refractivity contribution in [1.82, 2.24) is 10.2 Å². The molecular formula is C25H24N4O3. The fraction of sp³-hybridized carbons (Fsp3) is 0.120. The minimum atomic E-state index is -1.07. The van der Waals surface area contributed by atoms with Gasteiger partial charge in [0.25, 0.3) is 0 Å². The monoisotopic (exact) mass is 428 g/mol. The molecular weight excluding hydrogens is 404 g/mol. The van der Waals surface area contributed by atoms with E-state index in [1.54, 1.807) is 25.1 Å². The van der Waals surface area contributed by atoms with E-state index in [1.165, 1.54) is 17.8 Å². The summed E-state index contributed by atoms with van der Waals surface area (Å²) < 4.78 is 5.53. The minimum Gasteiger partial charge on any atom is -0.478 e. The van der Waals surface area contributed by atoms with Crippen LogP contribution in [0.15, 0.2) is 77.2 Å². The van der Waals surface area contributed by atoms with E-state index in [0.29, 0.717) is 16.7 Å². The maximum atomic E-state index is 11.5. The summed E-state index contributed by atoms with van der Waals surface area (Å²) in [5, 5.41) is 24.8. The number of nitrogens with two attached hydrogens (primary N) is 1. The van der Waals surface area contributed by atoms with Crippen molar-refractivity contribution in [3.8, 4) is 22.6 Å². The van der Waals surface area contributed by atoms with Gasteiger partial charge in [0, 0.05) is 11.8 Å². The average molecular weight is 428 g/mol. The molecule has 4 aromatic rings. The molecule has 0 bridgehead atoms. The normalized spacial score (nSPS) is 11.2. The molecule has 7 nitrogen and oxygen atoms in total. The van der Waals surface area contributed by atoms with Gasteiger partial charge in [-0.15, -0.1) is 10.2 Å². The molecule has 0 spiro atoms. The van der Waals surface area contributed by atoms with Crippen LogP contribution < -0.4 is 5.73 Å². The van der Waals surface area contributed by atoms with Gasteiger partial charge in [0.15, 0.2) is 0 Å². The zero-order valence-corrected chi connectivity index (χ0v) is 17.8. The smallest absolute Gasteiger partial charge is 0.335 e. The van der Waals surface area contributed by atoms with E-state index in [2.05, 4.69) is 29.3 Å². The van der Waals surface area contributed by atoms with E-state index in [-0.39, 0.29) is 17.3 Å². The lowest BCUT2D eigenvalue weighted by Gasteiger charge is -2.09. The number of nitrogens with zero attached hydrogens (tertiary/aromatic N) is 2. The second-order valence-electron chi connectivity index (χ2n) is 7.22. The van der Waals surface area contributed by atoms with Gasteiger partial charge in [-0.05, 0) is 48.7 Å². The van der Waals surface area contributed by atoms with Crippen molar-refractivity contribution in [3.63, 3.8) is 0 Å². The molecule has 32 heavy (non-hydrogen) atoms. The number of aryl methyl sites for hydroxylation is 1. The second kappa shape index (κ2) is 10.3. The zero-order valence-electron chi connectivity index (χ0n) is 17.8. The fourth-order valence-corrected chi connectivity index (χ4v) is 2.99. The van der Waals surface area contributed by atoms with E-state index in [1.807, 2.05) is 36.4 Å². The summed E-state index contributed by atoms with van der Waals surface area (Å²) in [6.45, 7) is 3.80. The van der Waals surface area contributed by atoms with Crippen molar-refractivity contribution in [2.24, 2.45) is 5.73 Å². The van der Waals surface area contributed by atoms with Crippen molar-refractivity contribution in [2.45, 2.75) is 19.9 Å². The fourth-order valence-electron chi connectivity index (χ4n) is 2.99. The molecule has 7 heteroatoms. The number of carboxylic acids is 1. The van der Waals surface area contributed by atoms with Crippen LogP contribution in [0.25, 0.3) is 22.6 Å². The van der Waals surface area contributed by atoms with Crippen LogP contribution in [0.5, 0.6) is 0 Å². The summed E-state index contributed by atoms with van der Waals surface area (Å²) in [6, 6.07) is 21.9. The summed E-state index contributed by atoms with van der Waals surface area (Å²) in [4.78, 5) is 11.5. The van der Waals surface area contributed by atoms with E-state index in [0.717, 1.165) is 5.56 Å². The van der Waals surface area contributed by atoms with Gasteiger partial charge in [-0.2, -0.15) is 0 Å². The lowest BCUT2D eigenvalue weighted by Crippen LogP contribution is -2.04. The second-order valence-corrected chi connectivity index (χ2v) is 7.22. The Bertz CT molecular complexity index is 1220. The zero-order chi connectivity index (χ0) is 23.1. The molecule has 1 heterocycles. The Labute approximate surface area is 186 Å². The third-order valence-electron chi connectivity index (χ3n) is 4.62. The highest BCUT2D eigenvalue weighted by Gasteiger charge is 2.16. The molecule has 0 aliphatic rings. The lowest BCUT2D eigenvalue weighted by molar-refractivity contribution is 0.0697. The Morgan fingerprint density at radius 3 is 2.25 bits per heavy atom. The molecule has 0 aliphatic carbocycles. The Balaban J connectivity index is 0.000000352. The number of nitrogens with one attached hydrogen (secondary N) is 1. The van der Waals surface area contributed by atoms with Crippen LogP contribution in [0.2, 0.25) is 0 Å². The van der Waals surface area contributed by atoms with Crippen molar-refractivity contribution in [3.05, 3.63) is 95.4 Å². The predicted molar refractivity (Wildman–Crippen MR) is 124 cm³/mol. The Morgan fingerprint density at radius 2 is 1.69 bits per heavy atom. The van der Waals surface area contributed by atoms with E-state index < -0.39 is 12.0 Å². The predicted octanol–water partition coefficient (Wildman–Crippen LogP) is 5.11. The number of benzene rings is 3. The number of rotatable bonds is 5. The van der Waals surface area contributed by atoms with Gasteiger partial charge in [-0.25, -0.2) is 4.79 Å². The molecule has 0 saturated carbocycles. The van der Waals surface area contributed by atoms with Crippen LogP contribution >= 0.6 is 0 Å². The topological polar surface area (TPSA) is 126 Å². The first-order chi connectivity index (χ1) is 15.4. The Morgan fingerprint density at radius 1 is 1.03 bits per heavy atom. The summed E-state index contributed by atoms with van der Waals surface area (Å²) in [6.07, 6.45) is 1.23. The minimum absolute atomic E-state index is 0.0906. The quantitative estimate of drug-likeness (QED) is 0.379. The van der Waals surface area contributed by atoms with Crippen molar-refractivity contribution < 1.29 is 14.3 Å². The van der Waals surface area contributed by atoms with E-state index in [9.17, 15) is 9.90 Å². The highest BCUT2D eigenvalue weighted by molar-refractivity contribution is 5.94. The van der Waals surface area contributed by atoms with Crippen LogP contribution in [0.4, 0.5) is 0 Å². The molecule has 4 N–H and O–H groups in total. The molecule has 3 aromatic carbocycles. The van der Waals surface area contributed by atoms with Gasteiger partial charge in [-0.1, -0.05) is 60.2 Å². The molecule has 0 aliphatic heterocycles. The number of aromatic nitrogens is 2. The van der Waals surface area contributed by atoms with Gasteiger partial charge in [0.1, 0.15) is 0 Å². The van der Waals surface area contributed by atoms with Crippen LogP contribution in [0.3, 0.4) is 0 Å². The third kappa shape index (κ3) is 5.53. The van der Waals surface area contributed by atoms with Gasteiger partial charge < -0.3 is 20.7 Å². The molecule has 1 aromatic heterocycles. The molecule has 0 amide bonds. The van der Waals surface area contributed by atoms with Crippen molar-refractivity contribution in [2.75, 3.05) is 0 Å². The summed E-state index contributed by atoms with van der Waals surface area (Å²) >= 11 is 0. The number of carbonyl (C=O) groups is 1. The SMILES string of the molecule is CC(N)c1nnc(-c2cc(C(=O)O)cc(-c3ccccc3C=N)c2)o1.Cc1ccccc1. The summed E-state index contributed by atoms with van der Waals surface area (Å²) in [7, 11) is 0. The maximum absolute atomic E-state index is 11.5. The van der Waals surface area contributed by atoms with Crippen LogP contribution in [-0.4, -0.2) is 27.5 Å². The lowest BCUT2D eigenvalue weighted by atomic mass is 9.96. The highest BCUT2D eigenvalue weighted by Crippen LogP contribution is 2.30. The number of aromatic carboxylic acids is 1. The molecule has 0 radical (unpaired) electrons. The molecule has 162 valence electrons. The average Bonchev–Trinajstić information content (AvgIpc) is 3.30. The van der Waals surface area contributed by atoms with E-state index in [4.69, 9.17) is 15.6 Å². The Hall–Kier alpha value is -4.10. The van der Waals surface area contributed by atoms with Gasteiger partial charge in [0.05, 0.1) is 11.6 Å². The van der Waals surface area contributed by atoms with Gasteiger partial charge >= 0.3 is 5.97 Å². The van der Waals surface area contributed by atoms with Crippen LogP contribution in [0, 0.1) is 12.3 Å². The Kier molecular flexibility index (Phi) is 7.25. The summed E-state index contributed by atoms with van der Waals surface area (Å²) in [5.74, 6) is -0.594. The third-order valence-corrected chi connectivity index (χ3v) is 4.62. The first-order valence-electron chi connectivity index (χ1n) is 9.98. The first kappa shape index (κ1) is 22.6. The maximum Gasteiger partial charge on any atom is 0.335 e. The number of hydrogen-bond acceptors (Lipinski definition) is 6. The van der Waals surface area contributed by atoms with Crippen molar-refractivity contribution >= 4 is 12.2 Å². The molecule has 0 saturated heterocycles. The van der Waals surface area contributed by atoms with Gasteiger partial charge in [-0.3, -0.25) is 0 Å². The van der Waals surface area contributed by atoms with E-state index >= 15 is 0 Å². The van der Waals surface area contributed by atoms with Crippen LogP contribution in [-0.2, 0) is 0 Å². The largest absolute Gasteiger partial charge is 0.478 e. The number of carboxylic acid groups (broad SMARTS) is 1. The molecule has 0 fully saturated rings.